The highest BCUT2D eigenvalue weighted by Crippen LogP contribution is 2.29. The van der Waals surface area contributed by atoms with E-state index in [1.807, 2.05) is 79.7 Å². The number of aryl methyl sites for hydroxylation is 1. The third-order valence-corrected chi connectivity index (χ3v) is 6.27. The first-order valence-corrected chi connectivity index (χ1v) is 11.3. The summed E-state index contributed by atoms with van der Waals surface area (Å²) in [4.78, 5) is 14.9. The van der Waals surface area contributed by atoms with Gasteiger partial charge in [-0.2, -0.15) is 0 Å². The Kier molecular flexibility index (Phi) is 4.92. The van der Waals surface area contributed by atoms with Gasteiger partial charge in [0.1, 0.15) is 16.8 Å². The van der Waals surface area contributed by atoms with E-state index in [0.29, 0.717) is 22.5 Å². The zero-order valence-corrected chi connectivity index (χ0v) is 19.3. The van der Waals surface area contributed by atoms with E-state index in [0.717, 1.165) is 38.3 Å². The zero-order chi connectivity index (χ0) is 23.9. The lowest BCUT2D eigenvalue weighted by Crippen LogP contribution is -2.14. The SMILES string of the molecule is COc1cc2ccccc2cc1C(=O)Nc1cc2nn(-c3cccc4ccccc34)nc2cc1C. The van der Waals surface area contributed by atoms with Gasteiger partial charge in [0.05, 0.1) is 18.4 Å². The molecule has 170 valence electrons. The van der Waals surface area contributed by atoms with Crippen LogP contribution >= 0.6 is 0 Å². The predicted molar refractivity (Wildman–Crippen MR) is 140 cm³/mol. The van der Waals surface area contributed by atoms with Crippen molar-refractivity contribution in [3.63, 3.8) is 0 Å². The Morgan fingerprint density at radius 1 is 0.800 bits per heavy atom. The fraction of sp³-hybridized carbons (Fsp3) is 0.0690. The summed E-state index contributed by atoms with van der Waals surface area (Å²) >= 11 is 0. The van der Waals surface area contributed by atoms with Gasteiger partial charge in [-0.3, -0.25) is 4.79 Å². The predicted octanol–water partition coefficient (Wildman–Crippen LogP) is 6.30. The molecule has 0 aliphatic heterocycles. The number of amides is 1. The van der Waals surface area contributed by atoms with Crippen molar-refractivity contribution in [1.82, 2.24) is 15.0 Å². The third-order valence-electron chi connectivity index (χ3n) is 6.27. The van der Waals surface area contributed by atoms with E-state index in [1.165, 1.54) is 0 Å². The normalized spacial score (nSPS) is 11.3. The van der Waals surface area contributed by atoms with Gasteiger partial charge in [0, 0.05) is 11.1 Å². The molecular formula is C29H22N4O2. The van der Waals surface area contributed by atoms with Crippen LogP contribution in [0.25, 0.3) is 38.3 Å². The molecule has 1 amide bonds. The van der Waals surface area contributed by atoms with Gasteiger partial charge < -0.3 is 10.1 Å². The van der Waals surface area contributed by atoms with Gasteiger partial charge in [0.15, 0.2) is 0 Å². The Labute approximate surface area is 201 Å². The molecule has 1 N–H and O–H groups in total. The first-order chi connectivity index (χ1) is 17.1. The van der Waals surface area contributed by atoms with Crippen molar-refractivity contribution in [3.05, 3.63) is 102 Å². The van der Waals surface area contributed by atoms with Gasteiger partial charge in [-0.1, -0.05) is 60.7 Å². The number of ether oxygens (including phenoxy) is 1. The van der Waals surface area contributed by atoms with Crippen LogP contribution < -0.4 is 10.1 Å². The zero-order valence-electron chi connectivity index (χ0n) is 19.3. The maximum absolute atomic E-state index is 13.3. The number of nitrogens with one attached hydrogen (secondary N) is 1. The maximum Gasteiger partial charge on any atom is 0.259 e. The summed E-state index contributed by atoms with van der Waals surface area (Å²) in [6, 6.07) is 29.7. The molecule has 6 nitrogen and oxygen atoms in total. The van der Waals surface area contributed by atoms with Crippen LogP contribution in [0.15, 0.2) is 91.0 Å². The quantitative estimate of drug-likeness (QED) is 0.337. The molecule has 0 unspecified atom stereocenters. The van der Waals surface area contributed by atoms with Gasteiger partial charge in [-0.15, -0.1) is 15.0 Å². The number of carbonyl (C=O) groups excluding carboxylic acids is 1. The molecule has 6 heteroatoms. The lowest BCUT2D eigenvalue weighted by molar-refractivity contribution is 0.102. The van der Waals surface area contributed by atoms with E-state index in [4.69, 9.17) is 14.9 Å². The molecular weight excluding hydrogens is 436 g/mol. The summed E-state index contributed by atoms with van der Waals surface area (Å²) in [5, 5.41) is 16.7. The van der Waals surface area contributed by atoms with Crippen LogP contribution in [-0.4, -0.2) is 28.0 Å². The van der Waals surface area contributed by atoms with Crippen LogP contribution in [-0.2, 0) is 0 Å². The van der Waals surface area contributed by atoms with Gasteiger partial charge >= 0.3 is 0 Å². The van der Waals surface area contributed by atoms with Crippen LogP contribution in [0, 0.1) is 6.92 Å². The highest BCUT2D eigenvalue weighted by atomic mass is 16.5. The fourth-order valence-corrected chi connectivity index (χ4v) is 4.45. The number of hydrogen-bond acceptors (Lipinski definition) is 4. The molecule has 0 bridgehead atoms. The minimum absolute atomic E-state index is 0.239. The number of rotatable bonds is 4. The summed E-state index contributed by atoms with van der Waals surface area (Å²) in [6.45, 7) is 1.95. The van der Waals surface area contributed by atoms with Crippen molar-refractivity contribution in [3.8, 4) is 11.4 Å². The van der Waals surface area contributed by atoms with E-state index in [9.17, 15) is 4.79 Å². The standard InChI is InChI=1S/C29H22N4O2/c1-18-14-25-26(32-33(31-25)27-13-7-11-19-8-5-6-12-22(19)27)17-24(18)30-29(34)23-15-20-9-3-4-10-21(20)16-28(23)35-2/h3-17H,1-2H3,(H,30,34). The molecule has 0 atom stereocenters. The van der Waals surface area contributed by atoms with Crippen molar-refractivity contribution in [2.24, 2.45) is 0 Å². The Morgan fingerprint density at radius 3 is 2.23 bits per heavy atom. The molecule has 0 fully saturated rings. The lowest BCUT2D eigenvalue weighted by atomic mass is 10.0. The van der Waals surface area contributed by atoms with Gasteiger partial charge in [-0.05, 0) is 59.0 Å². The molecule has 0 aliphatic carbocycles. The molecule has 6 aromatic rings. The molecule has 0 aliphatic rings. The second-order valence-corrected chi connectivity index (χ2v) is 8.50. The van der Waals surface area contributed by atoms with Crippen LogP contribution in [0.5, 0.6) is 5.75 Å². The topological polar surface area (TPSA) is 69.0 Å². The van der Waals surface area contributed by atoms with Crippen LogP contribution in [0.1, 0.15) is 15.9 Å². The number of benzene rings is 5. The van der Waals surface area contributed by atoms with Crippen molar-refractivity contribution in [1.29, 1.82) is 0 Å². The summed E-state index contributed by atoms with van der Waals surface area (Å²) < 4.78 is 5.51. The molecule has 0 radical (unpaired) electrons. The highest BCUT2D eigenvalue weighted by Gasteiger charge is 2.16. The largest absolute Gasteiger partial charge is 0.496 e. The minimum Gasteiger partial charge on any atom is -0.496 e. The molecule has 6 rings (SSSR count). The number of fused-ring (bicyclic) bond motifs is 3. The van der Waals surface area contributed by atoms with E-state index in [-0.39, 0.29) is 5.91 Å². The first-order valence-electron chi connectivity index (χ1n) is 11.3. The van der Waals surface area contributed by atoms with Gasteiger partial charge in [0.2, 0.25) is 0 Å². The second kappa shape index (κ2) is 8.25. The van der Waals surface area contributed by atoms with Crippen LogP contribution in [0.4, 0.5) is 5.69 Å². The number of nitrogens with zero attached hydrogens (tertiary/aromatic N) is 3. The van der Waals surface area contributed by atoms with Gasteiger partial charge in [-0.25, -0.2) is 0 Å². The van der Waals surface area contributed by atoms with Crippen molar-refractivity contribution in [2.45, 2.75) is 6.92 Å². The summed E-state index contributed by atoms with van der Waals surface area (Å²) in [6.07, 6.45) is 0. The monoisotopic (exact) mass is 458 g/mol. The first kappa shape index (κ1) is 20.9. The fourth-order valence-electron chi connectivity index (χ4n) is 4.45. The maximum atomic E-state index is 13.3. The molecule has 1 heterocycles. The Hall–Kier alpha value is -4.71. The molecule has 0 saturated heterocycles. The molecule has 1 aromatic heterocycles. The second-order valence-electron chi connectivity index (χ2n) is 8.50. The van der Waals surface area contributed by atoms with E-state index in [1.54, 1.807) is 11.9 Å². The van der Waals surface area contributed by atoms with E-state index in [2.05, 4.69) is 23.5 Å². The van der Waals surface area contributed by atoms with Crippen LogP contribution in [0.2, 0.25) is 0 Å². The van der Waals surface area contributed by atoms with Gasteiger partial charge in [0.25, 0.3) is 5.91 Å². The third kappa shape index (κ3) is 3.65. The van der Waals surface area contributed by atoms with E-state index < -0.39 is 0 Å². The number of hydrogen-bond donors (Lipinski definition) is 1. The van der Waals surface area contributed by atoms with Crippen LogP contribution in [0.3, 0.4) is 0 Å². The summed E-state index contributed by atoms with van der Waals surface area (Å²) in [5.41, 5.74) is 4.42. The summed E-state index contributed by atoms with van der Waals surface area (Å²) in [5.74, 6) is 0.290. The Morgan fingerprint density at radius 2 is 1.46 bits per heavy atom. The lowest BCUT2D eigenvalue weighted by Gasteiger charge is -2.12. The average molecular weight is 459 g/mol. The van der Waals surface area contributed by atoms with Crippen molar-refractivity contribution < 1.29 is 9.53 Å². The minimum atomic E-state index is -0.239. The highest BCUT2D eigenvalue weighted by molar-refractivity contribution is 6.09. The smallest absolute Gasteiger partial charge is 0.259 e. The number of anilines is 1. The average Bonchev–Trinajstić information content (AvgIpc) is 3.30. The van der Waals surface area contributed by atoms with Crippen molar-refractivity contribution in [2.75, 3.05) is 12.4 Å². The van der Waals surface area contributed by atoms with Crippen molar-refractivity contribution >= 4 is 44.2 Å². The summed E-state index contributed by atoms with van der Waals surface area (Å²) in [7, 11) is 1.57. The molecule has 35 heavy (non-hydrogen) atoms. The molecule has 5 aromatic carbocycles. The Balaban J connectivity index is 1.38. The number of aromatic nitrogens is 3. The number of methoxy groups -OCH3 is 1. The molecule has 0 saturated carbocycles. The van der Waals surface area contributed by atoms with E-state index >= 15 is 0 Å². The Bertz CT molecular complexity index is 1750. The molecule has 0 spiro atoms. The number of carbonyl (C=O) groups is 1.